The van der Waals surface area contributed by atoms with Crippen LogP contribution in [0.25, 0.3) is 11.3 Å². The van der Waals surface area contributed by atoms with E-state index in [1.165, 1.54) is 16.1 Å². The first-order chi connectivity index (χ1) is 15.1. The molecule has 33 heavy (non-hydrogen) atoms. The SMILES string of the molecule is Cl.Cl.O=C1CN(/N=C/c2ccc(-c3ccc(Cl)cc3)o2)C(=O)N1CCCCN1CCNCC1. The Bertz CT molecular complexity index is 945. The van der Waals surface area contributed by atoms with Crippen LogP contribution in [0.15, 0.2) is 45.9 Å². The number of unbranched alkanes of at least 4 members (excludes halogenated alkanes) is 1. The largest absolute Gasteiger partial charge is 0.455 e. The number of piperazine rings is 1. The van der Waals surface area contributed by atoms with Crippen molar-refractivity contribution in [2.45, 2.75) is 12.8 Å². The van der Waals surface area contributed by atoms with Gasteiger partial charge in [-0.3, -0.25) is 9.69 Å². The number of imide groups is 1. The van der Waals surface area contributed by atoms with E-state index in [0.717, 1.165) is 51.1 Å². The molecule has 4 rings (SSSR count). The lowest BCUT2D eigenvalue weighted by Crippen LogP contribution is -2.43. The van der Waals surface area contributed by atoms with Gasteiger partial charge in [0.2, 0.25) is 0 Å². The normalized spacial score (nSPS) is 16.9. The summed E-state index contributed by atoms with van der Waals surface area (Å²) < 4.78 is 5.76. The first-order valence-electron chi connectivity index (χ1n) is 10.5. The molecule has 2 aliphatic heterocycles. The summed E-state index contributed by atoms with van der Waals surface area (Å²) in [6.45, 7) is 5.52. The molecule has 11 heteroatoms. The summed E-state index contributed by atoms with van der Waals surface area (Å²) in [5.41, 5.74) is 0.892. The van der Waals surface area contributed by atoms with Crippen molar-refractivity contribution in [2.24, 2.45) is 5.10 Å². The minimum absolute atomic E-state index is 0. The van der Waals surface area contributed by atoms with Crippen molar-refractivity contribution in [3.8, 4) is 11.3 Å². The third-order valence-electron chi connectivity index (χ3n) is 5.43. The van der Waals surface area contributed by atoms with E-state index in [-0.39, 0.29) is 43.3 Å². The molecule has 0 atom stereocenters. The number of nitrogens with zero attached hydrogens (tertiary/aromatic N) is 4. The van der Waals surface area contributed by atoms with Crippen LogP contribution in [0, 0.1) is 0 Å². The van der Waals surface area contributed by atoms with E-state index < -0.39 is 0 Å². The molecule has 0 bridgehead atoms. The number of benzene rings is 1. The molecule has 180 valence electrons. The van der Waals surface area contributed by atoms with Crippen molar-refractivity contribution >= 4 is 54.6 Å². The maximum absolute atomic E-state index is 12.5. The van der Waals surface area contributed by atoms with Gasteiger partial charge in [0.05, 0.1) is 6.21 Å². The van der Waals surface area contributed by atoms with Gasteiger partial charge in [0.15, 0.2) is 0 Å². The summed E-state index contributed by atoms with van der Waals surface area (Å²) >= 11 is 5.91. The fourth-order valence-corrected chi connectivity index (χ4v) is 3.82. The number of amides is 3. The molecule has 2 aliphatic rings. The monoisotopic (exact) mass is 515 g/mol. The van der Waals surface area contributed by atoms with Crippen LogP contribution >= 0.6 is 36.4 Å². The number of rotatable bonds is 8. The molecule has 2 saturated heterocycles. The van der Waals surface area contributed by atoms with Crippen molar-refractivity contribution in [1.82, 2.24) is 20.1 Å². The predicted octanol–water partition coefficient (Wildman–Crippen LogP) is 3.73. The molecule has 8 nitrogen and oxygen atoms in total. The molecule has 1 N–H and O–H groups in total. The molecule has 0 radical (unpaired) electrons. The second-order valence-corrected chi connectivity index (χ2v) is 8.07. The Morgan fingerprint density at radius 3 is 2.42 bits per heavy atom. The highest BCUT2D eigenvalue weighted by molar-refractivity contribution is 6.30. The number of carbonyl (C=O) groups is 2. The van der Waals surface area contributed by atoms with Crippen molar-refractivity contribution < 1.29 is 14.0 Å². The maximum atomic E-state index is 12.5. The van der Waals surface area contributed by atoms with Gasteiger partial charge in [0.1, 0.15) is 18.1 Å². The van der Waals surface area contributed by atoms with E-state index in [1.54, 1.807) is 18.2 Å². The Morgan fingerprint density at radius 2 is 1.70 bits per heavy atom. The van der Waals surface area contributed by atoms with Gasteiger partial charge in [-0.15, -0.1) is 24.8 Å². The Labute approximate surface area is 210 Å². The number of carbonyl (C=O) groups excluding carboxylic acids is 2. The first-order valence-corrected chi connectivity index (χ1v) is 10.9. The zero-order chi connectivity index (χ0) is 21.6. The third kappa shape index (κ3) is 7.19. The average Bonchev–Trinajstić information content (AvgIpc) is 3.36. The Balaban J connectivity index is 0.00000193. The third-order valence-corrected chi connectivity index (χ3v) is 5.69. The molecule has 2 fully saturated rings. The van der Waals surface area contributed by atoms with E-state index in [1.807, 2.05) is 18.2 Å². The molecule has 2 aromatic rings. The fourth-order valence-electron chi connectivity index (χ4n) is 3.70. The molecule has 1 aromatic heterocycles. The Kier molecular flexibility index (Phi) is 10.7. The highest BCUT2D eigenvalue weighted by Crippen LogP contribution is 2.23. The Morgan fingerprint density at radius 1 is 1.00 bits per heavy atom. The van der Waals surface area contributed by atoms with Gasteiger partial charge < -0.3 is 14.6 Å². The fraction of sp³-hybridized carbons (Fsp3) is 0.409. The molecule has 0 spiro atoms. The van der Waals surface area contributed by atoms with Gasteiger partial charge in [-0.25, -0.2) is 9.80 Å². The number of furan rings is 1. The quantitative estimate of drug-likeness (QED) is 0.328. The molecule has 3 amide bonds. The molecule has 0 unspecified atom stereocenters. The van der Waals surface area contributed by atoms with Crippen LogP contribution in [-0.4, -0.2) is 78.8 Å². The lowest BCUT2D eigenvalue weighted by atomic mass is 10.2. The zero-order valence-corrected chi connectivity index (χ0v) is 20.5. The van der Waals surface area contributed by atoms with Crippen LogP contribution in [0.5, 0.6) is 0 Å². The van der Waals surface area contributed by atoms with Gasteiger partial charge in [-0.05, 0) is 55.8 Å². The van der Waals surface area contributed by atoms with Crippen molar-refractivity contribution in [3.63, 3.8) is 0 Å². The summed E-state index contributed by atoms with van der Waals surface area (Å²) in [5.74, 6) is 0.957. The van der Waals surface area contributed by atoms with Crippen molar-refractivity contribution in [3.05, 3.63) is 47.2 Å². The molecular formula is C22H28Cl3N5O3. The number of hydrogen-bond donors (Lipinski definition) is 1. The summed E-state index contributed by atoms with van der Waals surface area (Å²) in [4.78, 5) is 28.5. The van der Waals surface area contributed by atoms with E-state index in [0.29, 0.717) is 23.1 Å². The highest BCUT2D eigenvalue weighted by atomic mass is 35.5. The molecule has 0 aliphatic carbocycles. The molecular weight excluding hydrogens is 489 g/mol. The van der Waals surface area contributed by atoms with Crippen LogP contribution in [0.2, 0.25) is 5.02 Å². The second-order valence-electron chi connectivity index (χ2n) is 7.64. The van der Waals surface area contributed by atoms with Crippen LogP contribution in [0.4, 0.5) is 4.79 Å². The van der Waals surface area contributed by atoms with Crippen molar-refractivity contribution in [2.75, 3.05) is 45.8 Å². The van der Waals surface area contributed by atoms with E-state index >= 15 is 0 Å². The molecule has 3 heterocycles. The smallest absolute Gasteiger partial charge is 0.347 e. The maximum Gasteiger partial charge on any atom is 0.347 e. The van der Waals surface area contributed by atoms with Crippen LogP contribution in [0.3, 0.4) is 0 Å². The summed E-state index contributed by atoms with van der Waals surface area (Å²) in [6, 6.07) is 10.5. The van der Waals surface area contributed by atoms with E-state index in [9.17, 15) is 9.59 Å². The van der Waals surface area contributed by atoms with Crippen molar-refractivity contribution in [1.29, 1.82) is 0 Å². The minimum Gasteiger partial charge on any atom is -0.455 e. The topological polar surface area (TPSA) is 81.4 Å². The summed E-state index contributed by atoms with van der Waals surface area (Å²) in [5, 5.41) is 9.34. The standard InChI is InChI=1S/C22H26ClN5O3.2ClH/c23-18-5-3-17(4-6-18)20-8-7-19(31-20)15-25-28-16-21(29)27(22(28)30)12-2-1-11-26-13-9-24-10-14-26;;/h3-8,15,24H,1-2,9-14,16H2;2*1H/b25-15+;;. The number of hydrazone groups is 1. The van der Waals surface area contributed by atoms with Gasteiger partial charge in [-0.1, -0.05) is 11.6 Å². The van der Waals surface area contributed by atoms with Gasteiger partial charge >= 0.3 is 6.03 Å². The highest BCUT2D eigenvalue weighted by Gasteiger charge is 2.35. The number of hydrogen-bond acceptors (Lipinski definition) is 6. The number of halogens is 3. The predicted molar refractivity (Wildman–Crippen MR) is 134 cm³/mol. The lowest BCUT2D eigenvalue weighted by molar-refractivity contribution is -0.125. The van der Waals surface area contributed by atoms with E-state index in [4.69, 9.17) is 16.0 Å². The molecule has 0 saturated carbocycles. The number of nitrogens with one attached hydrogen (secondary N) is 1. The average molecular weight is 517 g/mol. The van der Waals surface area contributed by atoms with Gasteiger partial charge in [0, 0.05) is 43.3 Å². The lowest BCUT2D eigenvalue weighted by Gasteiger charge is -2.27. The number of urea groups is 1. The minimum atomic E-state index is -0.382. The van der Waals surface area contributed by atoms with Crippen LogP contribution < -0.4 is 5.32 Å². The van der Waals surface area contributed by atoms with Crippen LogP contribution in [0.1, 0.15) is 18.6 Å². The zero-order valence-electron chi connectivity index (χ0n) is 18.1. The van der Waals surface area contributed by atoms with E-state index in [2.05, 4.69) is 15.3 Å². The van der Waals surface area contributed by atoms with Gasteiger partial charge in [-0.2, -0.15) is 5.10 Å². The second kappa shape index (κ2) is 13.0. The first kappa shape index (κ1) is 27.1. The van der Waals surface area contributed by atoms with Gasteiger partial charge in [0.25, 0.3) is 5.91 Å². The Hall–Kier alpha value is -2.10. The summed E-state index contributed by atoms with van der Waals surface area (Å²) in [7, 11) is 0. The summed E-state index contributed by atoms with van der Waals surface area (Å²) in [6.07, 6.45) is 3.21. The molecule has 1 aromatic carbocycles. The van der Waals surface area contributed by atoms with Crippen LogP contribution in [-0.2, 0) is 4.79 Å².